The first-order valence-electron chi connectivity index (χ1n) is 9.94. The van der Waals surface area contributed by atoms with Gasteiger partial charge in [0, 0.05) is 50.6 Å². The Bertz CT molecular complexity index is 841. The summed E-state index contributed by atoms with van der Waals surface area (Å²) in [6, 6.07) is 0. The lowest BCUT2D eigenvalue weighted by molar-refractivity contribution is -0.144. The Hall–Kier alpha value is -2.48. The van der Waals surface area contributed by atoms with Crippen LogP contribution in [0.5, 0.6) is 0 Å². The summed E-state index contributed by atoms with van der Waals surface area (Å²) in [5, 5.41) is 0. The molecule has 2 aromatic heterocycles. The second-order valence-electron chi connectivity index (χ2n) is 7.93. The zero-order chi connectivity index (χ0) is 19.7. The van der Waals surface area contributed by atoms with Crippen LogP contribution in [0.2, 0.25) is 0 Å². The van der Waals surface area contributed by atoms with Crippen molar-refractivity contribution in [2.45, 2.75) is 44.6 Å². The van der Waals surface area contributed by atoms with Crippen molar-refractivity contribution in [3.8, 4) is 0 Å². The van der Waals surface area contributed by atoms with Gasteiger partial charge >= 0.3 is 0 Å². The molecule has 0 saturated carbocycles. The number of fused-ring (bicyclic) bond motifs is 2. The maximum absolute atomic E-state index is 12.8. The highest BCUT2D eigenvalue weighted by Crippen LogP contribution is 2.43. The molecule has 8 nitrogen and oxygen atoms in total. The van der Waals surface area contributed by atoms with E-state index in [2.05, 4.69) is 38.7 Å². The molecule has 8 heteroatoms. The molecule has 1 fully saturated rings. The van der Waals surface area contributed by atoms with E-state index >= 15 is 0 Å². The number of hydrogen-bond acceptors (Lipinski definition) is 6. The van der Waals surface area contributed by atoms with Crippen LogP contribution in [0.15, 0.2) is 18.9 Å². The minimum atomic E-state index is -0.370. The molecule has 1 N–H and O–H groups in total. The molecule has 0 bridgehead atoms. The summed E-state index contributed by atoms with van der Waals surface area (Å²) in [7, 11) is 1.57. The second-order valence-corrected chi connectivity index (χ2v) is 7.93. The Labute approximate surface area is 165 Å². The third-order valence-corrected chi connectivity index (χ3v) is 6.06. The third-order valence-electron chi connectivity index (χ3n) is 6.06. The lowest BCUT2D eigenvalue weighted by Crippen LogP contribution is -2.59. The van der Waals surface area contributed by atoms with E-state index in [-0.39, 0.29) is 18.1 Å². The summed E-state index contributed by atoms with van der Waals surface area (Å²) in [5.41, 5.74) is 2.97. The summed E-state index contributed by atoms with van der Waals surface area (Å²) >= 11 is 0. The first-order chi connectivity index (χ1) is 13.6. The summed E-state index contributed by atoms with van der Waals surface area (Å²) in [6.45, 7) is 6.77. The van der Waals surface area contributed by atoms with E-state index in [0.717, 1.165) is 55.1 Å². The molecule has 0 aliphatic carbocycles. The van der Waals surface area contributed by atoms with Gasteiger partial charge in [0.25, 0.3) is 0 Å². The van der Waals surface area contributed by atoms with Crippen LogP contribution in [-0.4, -0.2) is 64.1 Å². The smallest absolute Gasteiger partial charge is 0.249 e. The number of nitrogens with one attached hydrogen (secondary N) is 1. The number of rotatable bonds is 4. The summed E-state index contributed by atoms with van der Waals surface area (Å²) in [5.74, 6) is 1.40. The van der Waals surface area contributed by atoms with E-state index in [4.69, 9.17) is 4.74 Å². The third kappa shape index (κ3) is 3.05. The van der Waals surface area contributed by atoms with Crippen molar-refractivity contribution < 1.29 is 9.53 Å². The molecular weight excluding hydrogens is 356 g/mol. The first kappa shape index (κ1) is 18.9. The lowest BCUT2D eigenvalue weighted by Gasteiger charge is -2.50. The summed E-state index contributed by atoms with van der Waals surface area (Å²) < 4.78 is 5.15. The van der Waals surface area contributed by atoms with Gasteiger partial charge in [0.2, 0.25) is 5.91 Å². The van der Waals surface area contributed by atoms with Crippen LogP contribution < -0.4 is 4.90 Å². The molecule has 1 spiro atoms. The number of methoxy groups -OCH3 is 1. The minimum Gasteiger partial charge on any atom is -0.375 e. The lowest BCUT2D eigenvalue weighted by atomic mass is 9.78. The van der Waals surface area contributed by atoms with Gasteiger partial charge in [-0.3, -0.25) is 4.79 Å². The van der Waals surface area contributed by atoms with Crippen LogP contribution in [0, 0.1) is 0 Å². The largest absolute Gasteiger partial charge is 0.375 e. The highest BCUT2D eigenvalue weighted by Gasteiger charge is 2.48. The molecule has 150 valence electrons. The molecule has 4 heterocycles. The molecule has 0 aromatic carbocycles. The Balaban J connectivity index is 1.63. The van der Waals surface area contributed by atoms with Crippen LogP contribution in [0.1, 0.15) is 49.6 Å². The molecule has 4 rings (SSSR count). The summed E-state index contributed by atoms with van der Waals surface area (Å²) in [4.78, 5) is 33.8. The van der Waals surface area contributed by atoms with Gasteiger partial charge in [0.15, 0.2) is 0 Å². The Morgan fingerprint density at radius 1 is 1.29 bits per heavy atom. The Morgan fingerprint density at radius 2 is 2.07 bits per heavy atom. The van der Waals surface area contributed by atoms with Gasteiger partial charge in [-0.2, -0.15) is 0 Å². The number of aromatic amines is 1. The molecule has 0 radical (unpaired) electrons. The van der Waals surface area contributed by atoms with Crippen molar-refractivity contribution >= 4 is 11.7 Å². The number of piperidine rings is 1. The number of amides is 1. The fourth-order valence-corrected chi connectivity index (χ4v) is 4.64. The van der Waals surface area contributed by atoms with Crippen molar-refractivity contribution in [1.29, 1.82) is 0 Å². The van der Waals surface area contributed by atoms with E-state index in [0.29, 0.717) is 12.5 Å². The molecule has 2 aliphatic heterocycles. The summed E-state index contributed by atoms with van der Waals surface area (Å²) in [6.07, 6.45) is 7.73. The molecule has 2 aliphatic rings. The number of carbonyl (C=O) groups is 1. The normalized spacial score (nSPS) is 18.6. The number of imidazole rings is 1. The Kier molecular flexibility index (Phi) is 5.05. The van der Waals surface area contributed by atoms with Crippen LogP contribution in [0.3, 0.4) is 0 Å². The predicted octanol–water partition coefficient (Wildman–Crippen LogP) is 1.85. The topological polar surface area (TPSA) is 87.2 Å². The van der Waals surface area contributed by atoms with Crippen molar-refractivity contribution in [2.24, 2.45) is 0 Å². The number of anilines is 1. The van der Waals surface area contributed by atoms with Gasteiger partial charge in [-0.1, -0.05) is 13.8 Å². The number of carbonyl (C=O) groups excluding carboxylic acids is 1. The van der Waals surface area contributed by atoms with Crippen molar-refractivity contribution in [2.75, 3.05) is 38.3 Å². The highest BCUT2D eigenvalue weighted by molar-refractivity contribution is 5.79. The van der Waals surface area contributed by atoms with Crippen molar-refractivity contribution in [3.05, 3.63) is 35.8 Å². The highest BCUT2D eigenvalue weighted by atomic mass is 16.5. The number of ether oxygens (including phenoxy) is 1. The molecule has 1 amide bonds. The van der Waals surface area contributed by atoms with Gasteiger partial charge in [-0.15, -0.1) is 0 Å². The average molecular weight is 384 g/mol. The molecule has 0 atom stereocenters. The van der Waals surface area contributed by atoms with Crippen molar-refractivity contribution in [3.63, 3.8) is 0 Å². The zero-order valence-corrected chi connectivity index (χ0v) is 16.8. The van der Waals surface area contributed by atoms with Crippen LogP contribution in [-0.2, 0) is 21.5 Å². The maximum Gasteiger partial charge on any atom is 0.249 e. The SMILES string of the molecule is COCC(=O)N1CCc2[nH]cnc2C12CCN(c1ncncc1C(C)C)CC2. The number of hydrogen-bond donors (Lipinski definition) is 1. The van der Waals surface area contributed by atoms with Gasteiger partial charge in [-0.25, -0.2) is 15.0 Å². The van der Waals surface area contributed by atoms with E-state index < -0.39 is 0 Å². The quantitative estimate of drug-likeness (QED) is 0.866. The zero-order valence-electron chi connectivity index (χ0n) is 16.8. The van der Waals surface area contributed by atoms with Gasteiger partial charge in [0.05, 0.1) is 17.6 Å². The average Bonchev–Trinajstić information content (AvgIpc) is 3.19. The van der Waals surface area contributed by atoms with Crippen LogP contribution in [0.25, 0.3) is 0 Å². The molecule has 0 unspecified atom stereocenters. The van der Waals surface area contributed by atoms with Gasteiger partial charge in [-0.05, 0) is 18.8 Å². The number of aromatic nitrogens is 4. The van der Waals surface area contributed by atoms with Crippen LogP contribution >= 0.6 is 0 Å². The maximum atomic E-state index is 12.8. The molecule has 2 aromatic rings. The van der Waals surface area contributed by atoms with E-state index in [9.17, 15) is 4.79 Å². The van der Waals surface area contributed by atoms with E-state index in [1.165, 1.54) is 0 Å². The number of H-pyrrole nitrogens is 1. The predicted molar refractivity (Wildman–Crippen MR) is 105 cm³/mol. The van der Waals surface area contributed by atoms with Gasteiger partial charge < -0.3 is 19.5 Å². The monoisotopic (exact) mass is 384 g/mol. The van der Waals surface area contributed by atoms with Gasteiger partial charge in [0.1, 0.15) is 18.8 Å². The molecular formula is C20H28N6O2. The molecule has 1 saturated heterocycles. The van der Waals surface area contributed by atoms with E-state index in [1.54, 1.807) is 19.8 Å². The standard InChI is InChI=1S/C20H28N6O2/c1-14(2)15-10-21-12-24-19(15)25-8-5-20(6-9-25)18-16(22-13-23-18)4-7-26(20)17(27)11-28-3/h10,12-14H,4-9,11H2,1-3H3,(H,22,23). The Morgan fingerprint density at radius 3 is 2.79 bits per heavy atom. The fourth-order valence-electron chi connectivity index (χ4n) is 4.64. The van der Waals surface area contributed by atoms with Crippen LogP contribution in [0.4, 0.5) is 5.82 Å². The fraction of sp³-hybridized carbons (Fsp3) is 0.600. The molecule has 28 heavy (non-hydrogen) atoms. The van der Waals surface area contributed by atoms with Crippen molar-refractivity contribution in [1.82, 2.24) is 24.8 Å². The minimum absolute atomic E-state index is 0.0366. The number of nitrogens with zero attached hydrogens (tertiary/aromatic N) is 5. The first-order valence-corrected chi connectivity index (χ1v) is 9.94. The second kappa shape index (κ2) is 7.50. The van der Waals surface area contributed by atoms with E-state index in [1.807, 2.05) is 11.1 Å².